The number of sulfonamides is 1. The molecule has 0 radical (unpaired) electrons. The van der Waals surface area contributed by atoms with E-state index in [1.807, 2.05) is 0 Å². The lowest BCUT2D eigenvalue weighted by Gasteiger charge is -2.05. The Kier molecular flexibility index (Phi) is 2.96. The van der Waals surface area contributed by atoms with E-state index in [2.05, 4.69) is 9.71 Å². The highest BCUT2D eigenvalue weighted by molar-refractivity contribution is 7.94. The van der Waals surface area contributed by atoms with Crippen LogP contribution in [0.1, 0.15) is 0 Å². The number of aromatic nitrogens is 1. The van der Waals surface area contributed by atoms with Crippen LogP contribution in [0.3, 0.4) is 0 Å². The number of nitrogens with zero attached hydrogens (tertiary/aromatic N) is 1. The van der Waals surface area contributed by atoms with Crippen molar-refractivity contribution in [3.8, 4) is 0 Å². The van der Waals surface area contributed by atoms with Crippen LogP contribution >= 0.6 is 22.9 Å². The van der Waals surface area contributed by atoms with Gasteiger partial charge in [0.05, 0.1) is 10.0 Å². The molecule has 0 aliphatic heterocycles. The Labute approximate surface area is 117 Å². The molecular formula is C11H7ClN2O3S2. The van der Waals surface area contributed by atoms with Crippen LogP contribution in [0.2, 0.25) is 4.34 Å². The summed E-state index contributed by atoms with van der Waals surface area (Å²) in [5.41, 5.74) is 1.36. The molecule has 2 heterocycles. The number of fused-ring (bicyclic) bond motifs is 1. The molecule has 0 bridgehead atoms. The topological polar surface area (TPSA) is 72.2 Å². The van der Waals surface area contributed by atoms with Gasteiger partial charge in [0.15, 0.2) is 12.0 Å². The largest absolute Gasteiger partial charge is 0.443 e. The highest BCUT2D eigenvalue weighted by Gasteiger charge is 2.18. The number of anilines is 1. The quantitative estimate of drug-likeness (QED) is 0.804. The summed E-state index contributed by atoms with van der Waals surface area (Å²) in [4.78, 5) is 3.99. The van der Waals surface area contributed by atoms with Gasteiger partial charge in [-0.3, -0.25) is 4.72 Å². The Hall–Kier alpha value is -1.57. The van der Waals surface area contributed by atoms with E-state index in [4.69, 9.17) is 16.0 Å². The van der Waals surface area contributed by atoms with Crippen LogP contribution in [-0.4, -0.2) is 13.4 Å². The lowest BCUT2D eigenvalue weighted by atomic mass is 10.3. The molecule has 8 heteroatoms. The van der Waals surface area contributed by atoms with Gasteiger partial charge < -0.3 is 4.42 Å². The third-order valence-electron chi connectivity index (χ3n) is 2.42. The number of halogens is 1. The van der Waals surface area contributed by atoms with Gasteiger partial charge in [-0.15, -0.1) is 11.3 Å². The number of hydrogen-bond acceptors (Lipinski definition) is 5. The highest BCUT2D eigenvalue weighted by Crippen LogP contribution is 2.29. The van der Waals surface area contributed by atoms with Crippen LogP contribution < -0.4 is 4.72 Å². The lowest BCUT2D eigenvalue weighted by molar-refractivity contribution is 0.602. The Morgan fingerprint density at radius 1 is 1.26 bits per heavy atom. The predicted molar refractivity (Wildman–Crippen MR) is 74.1 cm³/mol. The average Bonchev–Trinajstić information content (AvgIpc) is 2.97. The van der Waals surface area contributed by atoms with E-state index >= 15 is 0 Å². The molecule has 0 spiro atoms. The minimum Gasteiger partial charge on any atom is -0.443 e. The van der Waals surface area contributed by atoms with Gasteiger partial charge in [-0.2, -0.15) is 0 Å². The predicted octanol–water partition coefficient (Wildman–Crippen LogP) is 3.34. The Morgan fingerprint density at radius 2 is 2.11 bits per heavy atom. The molecule has 2 aromatic heterocycles. The van der Waals surface area contributed by atoms with Crippen LogP contribution in [0.4, 0.5) is 5.69 Å². The first-order valence-corrected chi connectivity index (χ1v) is 7.84. The van der Waals surface area contributed by atoms with Crippen molar-refractivity contribution in [2.75, 3.05) is 4.72 Å². The van der Waals surface area contributed by atoms with Gasteiger partial charge in [0.2, 0.25) is 0 Å². The first kappa shape index (κ1) is 12.5. The number of para-hydroxylation sites is 1. The molecular weight excluding hydrogens is 308 g/mol. The van der Waals surface area contributed by atoms with Crippen molar-refractivity contribution < 1.29 is 12.8 Å². The smallest absolute Gasteiger partial charge is 0.271 e. The van der Waals surface area contributed by atoms with Gasteiger partial charge in [0, 0.05) is 0 Å². The second kappa shape index (κ2) is 4.52. The number of thiophene rings is 1. The van der Waals surface area contributed by atoms with Gasteiger partial charge in [-0.25, -0.2) is 13.4 Å². The van der Waals surface area contributed by atoms with Gasteiger partial charge in [0.1, 0.15) is 9.73 Å². The van der Waals surface area contributed by atoms with Crippen molar-refractivity contribution in [1.82, 2.24) is 4.98 Å². The fourth-order valence-electron chi connectivity index (χ4n) is 1.61. The minimum atomic E-state index is -3.66. The van der Waals surface area contributed by atoms with E-state index in [1.165, 1.54) is 18.5 Å². The van der Waals surface area contributed by atoms with E-state index < -0.39 is 10.0 Å². The summed E-state index contributed by atoms with van der Waals surface area (Å²) < 4.78 is 32.5. The van der Waals surface area contributed by atoms with Gasteiger partial charge in [-0.1, -0.05) is 17.7 Å². The van der Waals surface area contributed by atoms with Crippen molar-refractivity contribution in [1.29, 1.82) is 0 Å². The summed E-state index contributed by atoms with van der Waals surface area (Å²) in [6, 6.07) is 8.02. The van der Waals surface area contributed by atoms with Crippen molar-refractivity contribution >= 4 is 49.7 Å². The number of benzene rings is 1. The highest BCUT2D eigenvalue weighted by atomic mass is 35.5. The molecule has 0 fully saturated rings. The van der Waals surface area contributed by atoms with Crippen LogP contribution in [0.15, 0.2) is 45.4 Å². The molecule has 0 saturated carbocycles. The molecule has 0 atom stereocenters. The minimum absolute atomic E-state index is 0.151. The van der Waals surface area contributed by atoms with Gasteiger partial charge in [0.25, 0.3) is 10.0 Å². The van der Waals surface area contributed by atoms with Crippen LogP contribution in [0.25, 0.3) is 11.1 Å². The summed E-state index contributed by atoms with van der Waals surface area (Å²) in [5, 5.41) is 0. The molecule has 3 aromatic rings. The van der Waals surface area contributed by atoms with E-state index in [0.29, 0.717) is 21.1 Å². The Balaban J connectivity index is 2.03. The summed E-state index contributed by atoms with van der Waals surface area (Å²) in [7, 11) is -3.66. The number of rotatable bonds is 3. The van der Waals surface area contributed by atoms with Crippen molar-refractivity contribution in [2.24, 2.45) is 0 Å². The number of oxazole rings is 1. The normalized spacial score (nSPS) is 11.8. The van der Waals surface area contributed by atoms with Crippen LogP contribution in [0, 0.1) is 0 Å². The zero-order valence-electron chi connectivity index (χ0n) is 9.33. The fourth-order valence-corrected chi connectivity index (χ4v) is 4.16. The maximum Gasteiger partial charge on any atom is 0.271 e. The zero-order chi connectivity index (χ0) is 13.5. The molecule has 3 rings (SSSR count). The summed E-state index contributed by atoms with van der Waals surface area (Å²) in [5.74, 6) is 0. The SMILES string of the molecule is O=S(=O)(Nc1cccc2ocnc12)c1ccc(Cl)s1. The second-order valence-corrected chi connectivity index (χ2v) is 7.29. The molecule has 1 aromatic carbocycles. The molecule has 0 aliphatic rings. The first-order chi connectivity index (χ1) is 9.06. The molecule has 98 valence electrons. The summed E-state index contributed by atoms with van der Waals surface area (Å²) >= 11 is 6.74. The third-order valence-corrected chi connectivity index (χ3v) is 5.51. The second-order valence-electron chi connectivity index (χ2n) is 3.67. The van der Waals surface area contributed by atoms with E-state index in [-0.39, 0.29) is 4.21 Å². The van der Waals surface area contributed by atoms with Crippen molar-refractivity contribution in [3.63, 3.8) is 0 Å². The molecule has 19 heavy (non-hydrogen) atoms. The lowest BCUT2D eigenvalue weighted by Crippen LogP contribution is -2.11. The standard InChI is InChI=1S/C11H7ClN2O3S2/c12-9-4-5-10(18-9)19(15,16)14-7-2-1-3-8-11(7)13-6-17-8/h1-6,14H. The fraction of sp³-hybridized carbons (Fsp3) is 0. The Morgan fingerprint density at radius 3 is 2.84 bits per heavy atom. The molecule has 0 aliphatic carbocycles. The van der Waals surface area contributed by atoms with E-state index in [9.17, 15) is 8.42 Å². The Bertz CT molecular complexity index is 838. The summed E-state index contributed by atoms with van der Waals surface area (Å²) in [6.07, 6.45) is 1.27. The first-order valence-electron chi connectivity index (χ1n) is 5.17. The molecule has 0 amide bonds. The molecule has 0 saturated heterocycles. The van der Waals surface area contributed by atoms with Crippen LogP contribution in [0.5, 0.6) is 0 Å². The molecule has 5 nitrogen and oxygen atoms in total. The third kappa shape index (κ3) is 2.32. The monoisotopic (exact) mass is 314 g/mol. The molecule has 1 N–H and O–H groups in total. The number of hydrogen-bond donors (Lipinski definition) is 1. The van der Waals surface area contributed by atoms with Crippen molar-refractivity contribution in [2.45, 2.75) is 4.21 Å². The zero-order valence-corrected chi connectivity index (χ0v) is 11.7. The van der Waals surface area contributed by atoms with Gasteiger partial charge in [-0.05, 0) is 24.3 Å². The molecule has 0 unspecified atom stereocenters. The number of nitrogens with one attached hydrogen (secondary N) is 1. The van der Waals surface area contributed by atoms with Crippen LogP contribution in [-0.2, 0) is 10.0 Å². The maximum absolute atomic E-state index is 12.2. The van der Waals surface area contributed by atoms with E-state index in [1.54, 1.807) is 18.2 Å². The van der Waals surface area contributed by atoms with Crippen molar-refractivity contribution in [3.05, 3.63) is 41.1 Å². The van der Waals surface area contributed by atoms with E-state index in [0.717, 1.165) is 11.3 Å². The summed E-state index contributed by atoms with van der Waals surface area (Å²) in [6.45, 7) is 0. The maximum atomic E-state index is 12.2. The van der Waals surface area contributed by atoms with Gasteiger partial charge >= 0.3 is 0 Å². The average molecular weight is 315 g/mol.